The number of amides is 4. The number of esters is 4. The Kier molecular flexibility index (Phi) is 37.3. The third kappa shape index (κ3) is 38.0. The molecule has 4 atom stereocenters. The van der Waals surface area contributed by atoms with Gasteiger partial charge in [-0.1, -0.05) is 54.0 Å². The molecule has 0 saturated carbocycles. The number of ether oxygens (including phenoxy) is 8. The van der Waals surface area contributed by atoms with Crippen LogP contribution in [0.2, 0.25) is 0 Å². The van der Waals surface area contributed by atoms with Crippen molar-refractivity contribution in [1.82, 2.24) is 21.3 Å². The van der Waals surface area contributed by atoms with Crippen LogP contribution < -0.4 is 21.3 Å². The van der Waals surface area contributed by atoms with E-state index in [-0.39, 0.29) is 47.9 Å². The Hall–Kier alpha value is -6.08. The molecule has 0 aromatic rings. The van der Waals surface area contributed by atoms with Gasteiger partial charge in [-0.15, -0.1) is 0 Å². The summed E-state index contributed by atoms with van der Waals surface area (Å²) in [6.45, 7) is 19.6. The van der Waals surface area contributed by atoms with E-state index in [4.69, 9.17) is 37.9 Å². The van der Waals surface area contributed by atoms with E-state index in [0.717, 1.165) is 50.0 Å². The Morgan fingerprint density at radius 2 is 0.649 bits per heavy atom. The number of carbonyl (C=O) groups is 8. The molecule has 0 aliphatic heterocycles. The largest absolute Gasteiger partial charge is 0.459 e. The molecule has 326 valence electrons. The number of alkyl carbamates (subject to hydrolysis) is 4. The maximum absolute atomic E-state index is 11.6. The van der Waals surface area contributed by atoms with Gasteiger partial charge in [0, 0.05) is 37.4 Å². The predicted molar refractivity (Wildman–Crippen MR) is 207 cm³/mol. The molecule has 20 heteroatoms. The molecule has 0 aliphatic rings. The summed E-state index contributed by atoms with van der Waals surface area (Å²) in [7, 11) is 0. The second kappa shape index (κ2) is 36.9. The molecule has 0 heterocycles. The zero-order chi connectivity index (χ0) is 42.0. The number of hydrogen-bond donors (Lipinski definition) is 4. The Bertz CT molecular complexity index is 1180. The van der Waals surface area contributed by atoms with Gasteiger partial charge in [0.1, 0.15) is 50.8 Å². The van der Waals surface area contributed by atoms with E-state index in [1.54, 1.807) is 13.8 Å². The first-order chi connectivity index (χ1) is 26.1. The summed E-state index contributed by atoms with van der Waals surface area (Å²) in [5.41, 5.74) is 0. The lowest BCUT2D eigenvalue weighted by atomic mass is 10.2. The number of unbranched alkanes of at least 4 members (excludes halogenated alkanes) is 3. The second-order valence-corrected chi connectivity index (χ2v) is 11.0. The van der Waals surface area contributed by atoms with Crippen molar-refractivity contribution in [3.05, 3.63) is 50.6 Å². The number of rotatable bonds is 25. The predicted octanol–water partition coefficient (Wildman–Crippen LogP) is 4.14. The molecule has 20 nitrogen and oxygen atoms in total. The second-order valence-electron chi connectivity index (χ2n) is 11.0. The molecule has 4 unspecified atom stereocenters. The van der Waals surface area contributed by atoms with E-state index in [1.165, 1.54) is 13.8 Å². The summed E-state index contributed by atoms with van der Waals surface area (Å²) in [6.07, 6.45) is 1.99. The normalized spacial score (nSPS) is 11.5. The van der Waals surface area contributed by atoms with E-state index < -0.39 is 72.7 Å². The first kappa shape index (κ1) is 57.6. The summed E-state index contributed by atoms with van der Waals surface area (Å²) in [6, 6.07) is 0. The van der Waals surface area contributed by atoms with Crippen molar-refractivity contribution in [2.75, 3.05) is 46.2 Å². The minimum atomic E-state index is -0.824. The maximum Gasteiger partial charge on any atom is 0.408 e. The van der Waals surface area contributed by atoms with Gasteiger partial charge in [-0.25, -0.2) is 38.4 Å². The summed E-state index contributed by atoms with van der Waals surface area (Å²) in [5, 5.41) is 9.73. The standard InChI is InChI=1S/C20H32N2O8.C15H22N2O8.2CH4/c1-5-17(23)27-13-15(3)29-19(25)21-11-9-7-8-10-12-22-20(26)30-16(4)14-28-18(24)6-2;1-5-12(18)22-7-10(3)24-14(20)16-9-17-15(21)25-11(4)8-23-13(19)6-2;;/h5-6,15-16H,1-2,7-14H2,3-4H3,(H,21,25)(H,22,26);5-6,10-11H,1-2,7-9H2,3-4H3,(H,16,20)(H,17,21);2*1H4. The van der Waals surface area contributed by atoms with E-state index >= 15 is 0 Å². The van der Waals surface area contributed by atoms with Crippen LogP contribution >= 0.6 is 0 Å². The first-order valence-electron chi connectivity index (χ1n) is 17.0. The molecule has 0 saturated heterocycles. The number of nitrogens with one attached hydrogen (secondary N) is 4. The van der Waals surface area contributed by atoms with Gasteiger partial charge in [0.05, 0.1) is 6.67 Å². The van der Waals surface area contributed by atoms with Crippen LogP contribution in [-0.4, -0.2) is 119 Å². The minimum absolute atomic E-state index is 0. The topological polar surface area (TPSA) is 259 Å². The highest BCUT2D eigenvalue weighted by Crippen LogP contribution is 2.01. The quantitative estimate of drug-likeness (QED) is 0.0332. The lowest BCUT2D eigenvalue weighted by Crippen LogP contribution is -2.40. The smallest absolute Gasteiger partial charge is 0.408 e. The molecule has 0 aromatic heterocycles. The average Bonchev–Trinajstić information content (AvgIpc) is 3.14. The highest BCUT2D eigenvalue weighted by atomic mass is 16.6. The van der Waals surface area contributed by atoms with Crippen molar-refractivity contribution in [3.8, 4) is 0 Å². The van der Waals surface area contributed by atoms with Gasteiger partial charge in [0.2, 0.25) is 0 Å². The molecule has 0 aliphatic carbocycles. The zero-order valence-electron chi connectivity index (χ0n) is 31.8. The highest BCUT2D eigenvalue weighted by Gasteiger charge is 2.14. The van der Waals surface area contributed by atoms with Crippen LogP contribution in [0.4, 0.5) is 19.2 Å². The molecule has 0 spiro atoms. The van der Waals surface area contributed by atoms with Gasteiger partial charge < -0.3 is 59.2 Å². The Balaban J connectivity index is -0.000000483. The van der Waals surface area contributed by atoms with Crippen LogP contribution in [0.15, 0.2) is 50.6 Å². The fourth-order valence-corrected chi connectivity index (χ4v) is 3.24. The van der Waals surface area contributed by atoms with Gasteiger partial charge in [0.25, 0.3) is 0 Å². The van der Waals surface area contributed by atoms with Gasteiger partial charge in [-0.2, -0.15) is 0 Å². The summed E-state index contributed by atoms with van der Waals surface area (Å²) in [5.74, 6) is -2.41. The average molecular weight is 819 g/mol. The number of hydrogen-bond acceptors (Lipinski definition) is 16. The minimum Gasteiger partial charge on any atom is -0.459 e. The molecule has 0 rings (SSSR count). The Labute approximate surface area is 335 Å². The van der Waals surface area contributed by atoms with Gasteiger partial charge in [0.15, 0.2) is 0 Å². The highest BCUT2D eigenvalue weighted by molar-refractivity contribution is 5.82. The van der Waals surface area contributed by atoms with Crippen LogP contribution in [0, 0.1) is 0 Å². The maximum atomic E-state index is 11.6. The number of carbonyl (C=O) groups excluding carboxylic acids is 8. The molecule has 4 N–H and O–H groups in total. The van der Waals surface area contributed by atoms with Gasteiger partial charge >= 0.3 is 48.3 Å². The molecule has 0 bridgehead atoms. The van der Waals surface area contributed by atoms with Crippen molar-refractivity contribution in [3.63, 3.8) is 0 Å². The Morgan fingerprint density at radius 1 is 0.421 bits per heavy atom. The van der Waals surface area contributed by atoms with Crippen molar-refractivity contribution in [2.45, 2.75) is 92.6 Å². The molecular formula is C37H62N4O16. The van der Waals surface area contributed by atoms with Crippen molar-refractivity contribution < 1.29 is 76.3 Å². The molecule has 0 fully saturated rings. The van der Waals surface area contributed by atoms with Crippen LogP contribution in [0.1, 0.15) is 68.2 Å². The fraction of sp³-hybridized carbons (Fsp3) is 0.568. The molecule has 0 aromatic carbocycles. The first-order valence-corrected chi connectivity index (χ1v) is 17.0. The van der Waals surface area contributed by atoms with Crippen LogP contribution in [0.3, 0.4) is 0 Å². The molecule has 4 amide bonds. The molecule has 57 heavy (non-hydrogen) atoms. The van der Waals surface area contributed by atoms with E-state index in [2.05, 4.69) is 47.6 Å². The third-order valence-electron chi connectivity index (χ3n) is 5.85. The fourth-order valence-electron chi connectivity index (χ4n) is 3.24. The Morgan fingerprint density at radius 3 is 0.877 bits per heavy atom. The SMILES string of the molecule is C.C.C=CC(=O)OCC(C)OC(=O)NCCCCCCNC(=O)OC(C)COC(=O)C=C.C=CC(=O)OCC(C)OC(=O)NCNC(=O)OC(C)COC(=O)C=C. The van der Waals surface area contributed by atoms with Crippen molar-refractivity contribution in [2.24, 2.45) is 0 Å². The van der Waals surface area contributed by atoms with Crippen molar-refractivity contribution >= 4 is 48.3 Å². The monoisotopic (exact) mass is 818 g/mol. The lowest BCUT2D eigenvalue weighted by molar-refractivity contribution is -0.141. The van der Waals surface area contributed by atoms with E-state index in [1.807, 2.05) is 0 Å². The summed E-state index contributed by atoms with van der Waals surface area (Å²) in [4.78, 5) is 89.5. The van der Waals surface area contributed by atoms with Gasteiger partial charge in [-0.3, -0.25) is 0 Å². The van der Waals surface area contributed by atoms with Gasteiger partial charge in [-0.05, 0) is 40.5 Å². The van der Waals surface area contributed by atoms with E-state index in [9.17, 15) is 38.4 Å². The van der Waals surface area contributed by atoms with Crippen LogP contribution in [0.5, 0.6) is 0 Å². The van der Waals surface area contributed by atoms with Crippen LogP contribution in [0.25, 0.3) is 0 Å². The van der Waals surface area contributed by atoms with Crippen LogP contribution in [-0.2, 0) is 57.1 Å². The third-order valence-corrected chi connectivity index (χ3v) is 5.85. The van der Waals surface area contributed by atoms with E-state index in [0.29, 0.717) is 13.1 Å². The molecule has 0 radical (unpaired) electrons. The summed E-state index contributed by atoms with van der Waals surface area (Å²) >= 11 is 0. The summed E-state index contributed by atoms with van der Waals surface area (Å²) < 4.78 is 38.7. The molecular weight excluding hydrogens is 756 g/mol. The zero-order valence-corrected chi connectivity index (χ0v) is 31.8. The van der Waals surface area contributed by atoms with Crippen molar-refractivity contribution in [1.29, 1.82) is 0 Å². The lowest BCUT2D eigenvalue weighted by Gasteiger charge is -2.15.